The van der Waals surface area contributed by atoms with Gasteiger partial charge >= 0.3 is 0 Å². The van der Waals surface area contributed by atoms with Gasteiger partial charge in [-0.05, 0) is 43.4 Å². The Morgan fingerprint density at radius 3 is 2.88 bits per heavy atom. The first-order valence-electron chi connectivity index (χ1n) is 8.42. The number of nitrogens with zero attached hydrogens (tertiary/aromatic N) is 3. The first kappa shape index (κ1) is 18.4. The second-order valence-electron chi connectivity index (χ2n) is 5.42. The molecule has 5 nitrogen and oxygen atoms in total. The molecule has 2 rings (SSSR count). The van der Waals surface area contributed by atoms with Crippen molar-refractivity contribution in [1.82, 2.24) is 20.2 Å². The number of hydrogen-bond acceptors (Lipinski definition) is 3. The van der Waals surface area contributed by atoms with Crippen molar-refractivity contribution >= 4 is 17.7 Å². The van der Waals surface area contributed by atoms with E-state index in [1.165, 1.54) is 17.7 Å². The van der Waals surface area contributed by atoms with Gasteiger partial charge in [0.2, 0.25) is 0 Å². The van der Waals surface area contributed by atoms with Crippen LogP contribution in [0.5, 0.6) is 0 Å². The lowest BCUT2D eigenvalue weighted by atomic mass is 10.2. The van der Waals surface area contributed by atoms with Crippen molar-refractivity contribution in [2.24, 2.45) is 4.99 Å². The van der Waals surface area contributed by atoms with E-state index in [-0.39, 0.29) is 0 Å². The van der Waals surface area contributed by atoms with Crippen LogP contribution in [-0.4, -0.2) is 40.6 Å². The van der Waals surface area contributed by atoms with Crippen LogP contribution in [0.2, 0.25) is 0 Å². The summed E-state index contributed by atoms with van der Waals surface area (Å²) in [5.74, 6) is 2.09. The number of hydrogen-bond donors (Lipinski definition) is 2. The molecule has 0 radical (unpaired) electrons. The van der Waals surface area contributed by atoms with Gasteiger partial charge < -0.3 is 15.2 Å². The van der Waals surface area contributed by atoms with Crippen molar-refractivity contribution in [3.8, 4) is 5.69 Å². The molecule has 0 atom stereocenters. The molecule has 2 aromatic rings. The molecule has 0 bridgehead atoms. The van der Waals surface area contributed by atoms with Crippen molar-refractivity contribution < 1.29 is 0 Å². The molecule has 0 spiro atoms. The average molecular weight is 346 g/mol. The minimum Gasteiger partial charge on any atom is -0.357 e. The van der Waals surface area contributed by atoms with Crippen molar-refractivity contribution in [3.63, 3.8) is 0 Å². The van der Waals surface area contributed by atoms with Crippen LogP contribution in [0.4, 0.5) is 0 Å². The van der Waals surface area contributed by atoms with Gasteiger partial charge in [0.05, 0.1) is 18.6 Å². The van der Waals surface area contributed by atoms with E-state index in [1.807, 2.05) is 41.0 Å². The van der Waals surface area contributed by atoms with Crippen molar-refractivity contribution in [1.29, 1.82) is 0 Å². The topological polar surface area (TPSA) is 54.2 Å². The van der Waals surface area contributed by atoms with Gasteiger partial charge in [0, 0.05) is 25.5 Å². The van der Waals surface area contributed by atoms with E-state index in [0.29, 0.717) is 6.54 Å². The highest BCUT2D eigenvalue weighted by molar-refractivity contribution is 7.98. The van der Waals surface area contributed by atoms with E-state index < -0.39 is 0 Å². The summed E-state index contributed by atoms with van der Waals surface area (Å²) in [7, 11) is 0. The fraction of sp³-hybridized carbons (Fsp3) is 0.444. The van der Waals surface area contributed by atoms with Gasteiger partial charge in [-0.3, -0.25) is 0 Å². The lowest BCUT2D eigenvalue weighted by Crippen LogP contribution is -2.37. The Hall–Kier alpha value is -1.95. The predicted molar refractivity (Wildman–Crippen MR) is 104 cm³/mol. The number of rotatable bonds is 9. The number of thioether (sulfide) groups is 1. The quantitative estimate of drug-likeness (QED) is 0.417. The molecular weight excluding hydrogens is 318 g/mol. The molecule has 1 aromatic carbocycles. The average Bonchev–Trinajstić information content (AvgIpc) is 3.14. The number of nitrogens with one attached hydrogen (secondary N) is 2. The molecule has 0 aliphatic heterocycles. The summed E-state index contributed by atoms with van der Waals surface area (Å²) in [6.07, 6.45) is 10.1. The molecule has 0 aliphatic rings. The van der Waals surface area contributed by atoms with Gasteiger partial charge in [0.1, 0.15) is 0 Å². The molecule has 0 fully saturated rings. The van der Waals surface area contributed by atoms with Crippen molar-refractivity contribution in [2.75, 3.05) is 25.1 Å². The second kappa shape index (κ2) is 10.8. The third-order valence-corrected chi connectivity index (χ3v) is 4.29. The van der Waals surface area contributed by atoms with Crippen LogP contribution in [0, 0.1) is 0 Å². The summed E-state index contributed by atoms with van der Waals surface area (Å²) in [6.45, 7) is 4.54. The number of benzene rings is 1. The zero-order valence-corrected chi connectivity index (χ0v) is 15.4. The molecule has 0 unspecified atom stereocenters. The third-order valence-electron chi connectivity index (χ3n) is 3.59. The number of aromatic nitrogens is 2. The van der Waals surface area contributed by atoms with E-state index in [4.69, 9.17) is 4.99 Å². The Balaban J connectivity index is 1.98. The number of para-hydroxylation sites is 1. The molecular formula is C18H27N5S. The highest BCUT2D eigenvalue weighted by Crippen LogP contribution is 2.14. The summed E-state index contributed by atoms with van der Waals surface area (Å²) in [5, 5.41) is 6.73. The minimum atomic E-state index is 0.633. The highest BCUT2D eigenvalue weighted by atomic mass is 32.2. The van der Waals surface area contributed by atoms with Gasteiger partial charge in [-0.2, -0.15) is 11.8 Å². The largest absolute Gasteiger partial charge is 0.357 e. The van der Waals surface area contributed by atoms with Crippen LogP contribution < -0.4 is 10.6 Å². The van der Waals surface area contributed by atoms with Crippen LogP contribution in [0.1, 0.15) is 25.3 Å². The molecule has 0 aliphatic carbocycles. The summed E-state index contributed by atoms with van der Waals surface area (Å²) in [4.78, 5) is 8.86. The summed E-state index contributed by atoms with van der Waals surface area (Å²) < 4.78 is 2.02. The van der Waals surface area contributed by atoms with Crippen LogP contribution in [-0.2, 0) is 6.54 Å². The Labute approximate surface area is 149 Å². The molecule has 130 valence electrons. The maximum absolute atomic E-state index is 4.73. The fourth-order valence-corrected chi connectivity index (χ4v) is 2.88. The van der Waals surface area contributed by atoms with E-state index >= 15 is 0 Å². The summed E-state index contributed by atoms with van der Waals surface area (Å²) in [6, 6.07) is 8.29. The lowest BCUT2D eigenvalue weighted by molar-refractivity contribution is 0.734. The predicted octanol–water partition coefficient (Wildman–Crippen LogP) is 3.07. The maximum atomic E-state index is 4.73. The zero-order chi connectivity index (χ0) is 17.0. The van der Waals surface area contributed by atoms with Gasteiger partial charge in [-0.25, -0.2) is 9.98 Å². The first-order valence-corrected chi connectivity index (χ1v) is 9.82. The number of imidazole rings is 1. The monoisotopic (exact) mass is 345 g/mol. The fourth-order valence-electron chi connectivity index (χ4n) is 2.38. The highest BCUT2D eigenvalue weighted by Gasteiger charge is 2.04. The number of unbranched alkanes of at least 4 members (excludes halogenated alkanes) is 1. The molecule has 0 saturated carbocycles. The van der Waals surface area contributed by atoms with Crippen molar-refractivity contribution in [3.05, 3.63) is 48.5 Å². The molecule has 2 N–H and O–H groups in total. The van der Waals surface area contributed by atoms with Gasteiger partial charge in [0.25, 0.3) is 0 Å². The van der Waals surface area contributed by atoms with E-state index in [0.717, 1.165) is 31.2 Å². The van der Waals surface area contributed by atoms with E-state index in [9.17, 15) is 0 Å². The first-order chi connectivity index (χ1) is 11.8. The molecule has 0 saturated heterocycles. The Morgan fingerprint density at radius 1 is 1.25 bits per heavy atom. The standard InChI is InChI=1S/C18H27N5S/c1-3-20-18(21-10-6-7-13-24-2)22-14-16-8-4-5-9-17(16)23-12-11-19-15-23/h4-5,8-9,11-12,15H,3,6-7,10,13-14H2,1-2H3,(H2,20,21,22). The SMILES string of the molecule is CCNC(=NCc1ccccc1-n1ccnc1)NCCCCSC. The van der Waals surface area contributed by atoms with E-state index in [2.05, 4.69) is 40.9 Å². The Morgan fingerprint density at radius 2 is 2.12 bits per heavy atom. The summed E-state index contributed by atoms with van der Waals surface area (Å²) in [5.41, 5.74) is 2.30. The van der Waals surface area contributed by atoms with Gasteiger partial charge in [-0.15, -0.1) is 0 Å². The molecule has 0 amide bonds. The Bertz CT molecular complexity index is 610. The van der Waals surface area contributed by atoms with Crippen molar-refractivity contribution in [2.45, 2.75) is 26.3 Å². The van der Waals surface area contributed by atoms with E-state index in [1.54, 1.807) is 6.20 Å². The smallest absolute Gasteiger partial charge is 0.191 e. The number of aliphatic imine (C=N–C) groups is 1. The normalized spacial score (nSPS) is 11.5. The maximum Gasteiger partial charge on any atom is 0.191 e. The second-order valence-corrected chi connectivity index (χ2v) is 6.41. The van der Waals surface area contributed by atoms with Crippen LogP contribution in [0.15, 0.2) is 48.0 Å². The summed E-state index contributed by atoms with van der Waals surface area (Å²) >= 11 is 1.90. The zero-order valence-electron chi connectivity index (χ0n) is 14.5. The molecule has 24 heavy (non-hydrogen) atoms. The molecule has 1 heterocycles. The molecule has 1 aromatic heterocycles. The van der Waals surface area contributed by atoms with Gasteiger partial charge in [0.15, 0.2) is 5.96 Å². The van der Waals surface area contributed by atoms with Gasteiger partial charge in [-0.1, -0.05) is 18.2 Å². The van der Waals surface area contributed by atoms with Crippen LogP contribution in [0.25, 0.3) is 5.69 Å². The lowest BCUT2D eigenvalue weighted by Gasteiger charge is -2.12. The Kier molecular flexibility index (Phi) is 8.24. The minimum absolute atomic E-state index is 0.633. The third kappa shape index (κ3) is 5.92. The molecule has 6 heteroatoms. The van der Waals surface area contributed by atoms with Crippen LogP contribution >= 0.6 is 11.8 Å². The van der Waals surface area contributed by atoms with Crippen LogP contribution in [0.3, 0.4) is 0 Å². The number of guanidine groups is 1.